The SMILES string of the molecule is COC(=O)c1ccc(-c2nc(C)ns2)c2ccccc12. The number of benzene rings is 2. The Balaban J connectivity index is 2.29. The Morgan fingerprint density at radius 3 is 2.55 bits per heavy atom. The fraction of sp³-hybridized carbons (Fsp3) is 0.133. The van der Waals surface area contributed by atoms with Crippen LogP contribution in [0.15, 0.2) is 36.4 Å². The molecule has 1 heterocycles. The van der Waals surface area contributed by atoms with E-state index in [0.29, 0.717) is 5.56 Å². The molecular weight excluding hydrogens is 272 g/mol. The predicted octanol–water partition coefficient (Wildman–Crippen LogP) is 3.45. The summed E-state index contributed by atoms with van der Waals surface area (Å²) in [5.41, 5.74) is 1.55. The number of methoxy groups -OCH3 is 1. The van der Waals surface area contributed by atoms with Crippen molar-refractivity contribution in [3.05, 3.63) is 47.8 Å². The first-order valence-corrected chi connectivity index (χ1v) is 6.89. The van der Waals surface area contributed by atoms with E-state index >= 15 is 0 Å². The smallest absolute Gasteiger partial charge is 0.338 e. The molecule has 3 rings (SSSR count). The summed E-state index contributed by atoms with van der Waals surface area (Å²) >= 11 is 1.36. The zero-order chi connectivity index (χ0) is 14.1. The molecule has 0 saturated heterocycles. The molecule has 100 valence electrons. The molecule has 4 nitrogen and oxygen atoms in total. The Bertz CT molecular complexity index is 795. The number of aromatic nitrogens is 2. The predicted molar refractivity (Wildman–Crippen MR) is 78.9 cm³/mol. The molecule has 0 atom stereocenters. The summed E-state index contributed by atoms with van der Waals surface area (Å²) in [6, 6.07) is 11.4. The van der Waals surface area contributed by atoms with Gasteiger partial charge < -0.3 is 4.74 Å². The number of fused-ring (bicyclic) bond motifs is 1. The molecule has 20 heavy (non-hydrogen) atoms. The van der Waals surface area contributed by atoms with Gasteiger partial charge in [0.25, 0.3) is 0 Å². The van der Waals surface area contributed by atoms with Crippen LogP contribution >= 0.6 is 11.5 Å². The van der Waals surface area contributed by atoms with E-state index in [4.69, 9.17) is 4.74 Å². The van der Waals surface area contributed by atoms with Gasteiger partial charge in [-0.15, -0.1) is 0 Å². The van der Waals surface area contributed by atoms with Crippen molar-refractivity contribution >= 4 is 28.3 Å². The lowest BCUT2D eigenvalue weighted by molar-refractivity contribution is 0.0603. The fourth-order valence-electron chi connectivity index (χ4n) is 2.18. The standard InChI is InChI=1S/C15H12N2O2S/c1-9-16-14(20-17-9)12-7-8-13(15(18)19-2)11-6-4-3-5-10(11)12/h3-8H,1-2H3. The number of carbonyl (C=O) groups excluding carboxylic acids is 1. The molecule has 0 radical (unpaired) electrons. The second kappa shape index (κ2) is 5.02. The highest BCUT2D eigenvalue weighted by Gasteiger charge is 2.15. The van der Waals surface area contributed by atoms with Gasteiger partial charge in [-0.2, -0.15) is 4.37 Å². The highest BCUT2D eigenvalue weighted by molar-refractivity contribution is 7.09. The molecule has 0 spiro atoms. The third kappa shape index (κ3) is 2.06. The fourth-order valence-corrected chi connectivity index (χ4v) is 2.89. The summed E-state index contributed by atoms with van der Waals surface area (Å²) in [6.07, 6.45) is 0. The Kier molecular flexibility index (Phi) is 3.20. The monoisotopic (exact) mass is 284 g/mol. The molecule has 1 aromatic heterocycles. The third-order valence-electron chi connectivity index (χ3n) is 3.09. The van der Waals surface area contributed by atoms with Gasteiger partial charge in [-0.1, -0.05) is 30.3 Å². The van der Waals surface area contributed by atoms with Crippen LogP contribution in [-0.2, 0) is 4.74 Å². The van der Waals surface area contributed by atoms with E-state index in [9.17, 15) is 4.79 Å². The van der Waals surface area contributed by atoms with Gasteiger partial charge in [-0.25, -0.2) is 9.78 Å². The van der Waals surface area contributed by atoms with Crippen molar-refractivity contribution in [2.45, 2.75) is 6.92 Å². The van der Waals surface area contributed by atoms with Crippen LogP contribution in [0.2, 0.25) is 0 Å². The third-order valence-corrected chi connectivity index (χ3v) is 3.93. The van der Waals surface area contributed by atoms with Gasteiger partial charge >= 0.3 is 5.97 Å². The van der Waals surface area contributed by atoms with E-state index in [1.54, 1.807) is 6.07 Å². The molecule has 0 aliphatic carbocycles. The molecule has 5 heteroatoms. The molecular formula is C15H12N2O2S. The molecule has 3 aromatic rings. The minimum Gasteiger partial charge on any atom is -0.465 e. The molecule has 0 aliphatic heterocycles. The summed E-state index contributed by atoms with van der Waals surface area (Å²) in [5, 5.41) is 2.70. The quantitative estimate of drug-likeness (QED) is 0.676. The highest BCUT2D eigenvalue weighted by Crippen LogP contribution is 2.31. The van der Waals surface area contributed by atoms with E-state index < -0.39 is 0 Å². The normalized spacial score (nSPS) is 10.7. The van der Waals surface area contributed by atoms with Crippen molar-refractivity contribution < 1.29 is 9.53 Å². The molecule has 0 amide bonds. The van der Waals surface area contributed by atoms with Gasteiger partial charge in [0, 0.05) is 5.56 Å². The molecule has 0 bridgehead atoms. The second-order valence-electron chi connectivity index (χ2n) is 4.34. The maximum Gasteiger partial charge on any atom is 0.338 e. The van der Waals surface area contributed by atoms with Crippen LogP contribution in [0.4, 0.5) is 0 Å². The lowest BCUT2D eigenvalue weighted by Gasteiger charge is -2.08. The zero-order valence-electron chi connectivity index (χ0n) is 11.1. The lowest BCUT2D eigenvalue weighted by Crippen LogP contribution is -2.02. The van der Waals surface area contributed by atoms with Gasteiger partial charge in [-0.3, -0.25) is 0 Å². The van der Waals surface area contributed by atoms with Crippen LogP contribution in [0.1, 0.15) is 16.2 Å². The topological polar surface area (TPSA) is 52.1 Å². The van der Waals surface area contributed by atoms with Gasteiger partial charge in [0.1, 0.15) is 10.8 Å². The van der Waals surface area contributed by atoms with E-state index in [2.05, 4.69) is 9.36 Å². The van der Waals surface area contributed by atoms with Crippen molar-refractivity contribution in [1.29, 1.82) is 0 Å². The number of esters is 1. The van der Waals surface area contributed by atoms with Crippen molar-refractivity contribution in [2.24, 2.45) is 0 Å². The van der Waals surface area contributed by atoms with Crippen LogP contribution in [0.25, 0.3) is 21.3 Å². The zero-order valence-corrected chi connectivity index (χ0v) is 11.9. The average Bonchev–Trinajstić information content (AvgIpc) is 2.91. The Hall–Kier alpha value is -2.27. The number of carbonyl (C=O) groups is 1. The summed E-state index contributed by atoms with van der Waals surface area (Å²) in [6.45, 7) is 1.87. The maximum atomic E-state index is 11.8. The van der Waals surface area contributed by atoms with Crippen molar-refractivity contribution in [3.8, 4) is 10.6 Å². The van der Waals surface area contributed by atoms with Crippen LogP contribution in [0.3, 0.4) is 0 Å². The van der Waals surface area contributed by atoms with Gasteiger partial charge in [-0.05, 0) is 35.3 Å². The lowest BCUT2D eigenvalue weighted by atomic mass is 10.00. The second-order valence-corrected chi connectivity index (χ2v) is 5.10. The van der Waals surface area contributed by atoms with Gasteiger partial charge in [0.15, 0.2) is 0 Å². The number of aryl methyl sites for hydroxylation is 1. The minimum atomic E-state index is -0.332. The summed E-state index contributed by atoms with van der Waals surface area (Å²) < 4.78 is 9.04. The summed E-state index contributed by atoms with van der Waals surface area (Å²) in [5.74, 6) is 0.423. The van der Waals surface area contributed by atoms with Gasteiger partial charge in [0.2, 0.25) is 0 Å². The summed E-state index contributed by atoms with van der Waals surface area (Å²) in [7, 11) is 1.39. The minimum absolute atomic E-state index is 0.332. The van der Waals surface area contributed by atoms with Crippen LogP contribution in [0.5, 0.6) is 0 Å². The van der Waals surface area contributed by atoms with Gasteiger partial charge in [0.05, 0.1) is 12.7 Å². The van der Waals surface area contributed by atoms with Crippen LogP contribution in [-0.4, -0.2) is 22.4 Å². The largest absolute Gasteiger partial charge is 0.465 e. The number of hydrogen-bond donors (Lipinski definition) is 0. The van der Waals surface area contributed by atoms with Crippen molar-refractivity contribution in [2.75, 3.05) is 7.11 Å². The number of ether oxygens (including phenoxy) is 1. The number of rotatable bonds is 2. The van der Waals surface area contributed by atoms with Crippen molar-refractivity contribution in [1.82, 2.24) is 9.36 Å². The molecule has 0 N–H and O–H groups in total. The highest BCUT2D eigenvalue weighted by atomic mass is 32.1. The first-order valence-electron chi connectivity index (χ1n) is 6.11. The maximum absolute atomic E-state index is 11.8. The Morgan fingerprint density at radius 2 is 1.90 bits per heavy atom. The van der Waals surface area contributed by atoms with Crippen LogP contribution in [0, 0.1) is 6.92 Å². The Labute approximate surface area is 120 Å². The molecule has 0 fully saturated rings. The summed E-state index contributed by atoms with van der Waals surface area (Å²) in [4.78, 5) is 16.2. The van der Waals surface area contributed by atoms with E-state index in [1.165, 1.54) is 18.6 Å². The molecule has 0 saturated carbocycles. The number of hydrogen-bond acceptors (Lipinski definition) is 5. The molecule has 0 aliphatic rings. The van der Waals surface area contributed by atoms with Crippen LogP contribution < -0.4 is 0 Å². The first kappa shape index (κ1) is 12.7. The van der Waals surface area contributed by atoms with Crippen molar-refractivity contribution in [3.63, 3.8) is 0 Å². The average molecular weight is 284 g/mol. The van der Waals surface area contributed by atoms with E-state index in [-0.39, 0.29) is 5.97 Å². The van der Waals surface area contributed by atoms with E-state index in [0.717, 1.165) is 27.2 Å². The first-order chi connectivity index (χ1) is 9.70. The Morgan fingerprint density at radius 1 is 1.15 bits per heavy atom. The molecule has 2 aromatic carbocycles. The number of nitrogens with zero attached hydrogens (tertiary/aromatic N) is 2. The van der Waals surface area contributed by atoms with E-state index in [1.807, 2.05) is 37.3 Å². The molecule has 0 unspecified atom stereocenters.